The van der Waals surface area contributed by atoms with Gasteiger partial charge in [0, 0.05) is 25.0 Å². The molecule has 0 aliphatic carbocycles. The summed E-state index contributed by atoms with van der Waals surface area (Å²) in [6, 6.07) is 18.8. The fourth-order valence-electron chi connectivity index (χ4n) is 2.40. The van der Waals surface area contributed by atoms with Crippen molar-refractivity contribution in [1.82, 2.24) is 15.1 Å². The van der Waals surface area contributed by atoms with E-state index in [2.05, 4.69) is 10.4 Å². The molecule has 27 heavy (non-hydrogen) atoms. The molecule has 6 nitrogen and oxygen atoms in total. The Kier molecular flexibility index (Phi) is 6.00. The summed E-state index contributed by atoms with van der Waals surface area (Å²) in [4.78, 5) is 12.0. The van der Waals surface area contributed by atoms with E-state index >= 15 is 0 Å². The summed E-state index contributed by atoms with van der Waals surface area (Å²) < 4.78 is 6.96. The van der Waals surface area contributed by atoms with Gasteiger partial charge in [0.1, 0.15) is 11.8 Å². The summed E-state index contributed by atoms with van der Waals surface area (Å²) in [5, 5.41) is 15.5. The molecule has 0 saturated heterocycles. The third-order valence-electron chi connectivity index (χ3n) is 3.78. The highest BCUT2D eigenvalue weighted by Gasteiger charge is 2.00. The Labute approximate surface area is 157 Å². The second-order valence-electron chi connectivity index (χ2n) is 5.68. The van der Waals surface area contributed by atoms with E-state index in [1.54, 1.807) is 29.1 Å². The number of nitriles is 1. The molecule has 0 bridgehead atoms. The van der Waals surface area contributed by atoms with E-state index in [0.717, 1.165) is 16.8 Å². The molecule has 134 valence electrons. The van der Waals surface area contributed by atoms with Crippen molar-refractivity contribution in [3.8, 4) is 17.5 Å². The quantitative estimate of drug-likeness (QED) is 0.658. The summed E-state index contributed by atoms with van der Waals surface area (Å²) >= 11 is 0. The highest BCUT2D eigenvalue weighted by atomic mass is 16.5. The van der Waals surface area contributed by atoms with Crippen molar-refractivity contribution in [1.29, 1.82) is 5.26 Å². The lowest BCUT2D eigenvalue weighted by molar-refractivity contribution is -0.116. The first-order valence-corrected chi connectivity index (χ1v) is 8.39. The van der Waals surface area contributed by atoms with Gasteiger partial charge in [-0.2, -0.15) is 10.4 Å². The van der Waals surface area contributed by atoms with E-state index in [9.17, 15) is 4.79 Å². The van der Waals surface area contributed by atoms with Crippen LogP contribution in [-0.2, 0) is 11.3 Å². The molecule has 0 fully saturated rings. The predicted molar refractivity (Wildman–Crippen MR) is 102 cm³/mol. The molecule has 1 heterocycles. The number of rotatable bonds is 7. The topological polar surface area (TPSA) is 79.9 Å². The number of ether oxygens (including phenoxy) is 1. The van der Waals surface area contributed by atoms with E-state index < -0.39 is 0 Å². The summed E-state index contributed by atoms with van der Waals surface area (Å²) in [5.41, 5.74) is 2.85. The third-order valence-corrected chi connectivity index (χ3v) is 3.78. The Morgan fingerprint density at radius 3 is 2.63 bits per heavy atom. The second kappa shape index (κ2) is 9.02. The standard InChI is InChI=1S/C21H18N4O2/c22-12-15-27-20-9-4-17(5-10-20)6-11-21(26)23-16-18-2-7-19(8-3-18)25-14-1-13-24-25/h1-11,13-14H,15-16H2,(H,23,26). The Bertz CT molecular complexity index is 937. The first kappa shape index (κ1) is 18.0. The molecule has 2 aromatic carbocycles. The van der Waals surface area contributed by atoms with Gasteiger partial charge < -0.3 is 10.1 Å². The van der Waals surface area contributed by atoms with Crippen LogP contribution in [0, 0.1) is 11.3 Å². The minimum absolute atomic E-state index is 0.0144. The van der Waals surface area contributed by atoms with Gasteiger partial charge in [-0.05, 0) is 47.5 Å². The smallest absolute Gasteiger partial charge is 0.244 e. The number of amides is 1. The van der Waals surface area contributed by atoms with Gasteiger partial charge in [0.25, 0.3) is 0 Å². The summed E-state index contributed by atoms with van der Waals surface area (Å²) in [5.74, 6) is 0.452. The second-order valence-corrected chi connectivity index (χ2v) is 5.68. The minimum atomic E-state index is -0.170. The first-order valence-electron chi connectivity index (χ1n) is 8.39. The van der Waals surface area contributed by atoms with Crippen LogP contribution in [0.25, 0.3) is 11.8 Å². The van der Waals surface area contributed by atoms with Crippen LogP contribution in [0.15, 0.2) is 73.1 Å². The maximum absolute atomic E-state index is 12.0. The average molecular weight is 358 g/mol. The number of aromatic nitrogens is 2. The number of nitrogens with zero attached hydrogens (tertiary/aromatic N) is 3. The Balaban J connectivity index is 1.49. The van der Waals surface area contributed by atoms with Gasteiger partial charge in [0.2, 0.25) is 5.91 Å². The first-order chi connectivity index (χ1) is 13.2. The van der Waals surface area contributed by atoms with E-state index in [-0.39, 0.29) is 12.5 Å². The molecule has 0 radical (unpaired) electrons. The molecule has 0 spiro atoms. The zero-order chi connectivity index (χ0) is 18.9. The van der Waals surface area contributed by atoms with Crippen molar-refractivity contribution in [3.63, 3.8) is 0 Å². The van der Waals surface area contributed by atoms with E-state index in [1.807, 2.05) is 54.7 Å². The molecule has 3 rings (SSSR count). The zero-order valence-electron chi connectivity index (χ0n) is 14.6. The number of hydrogen-bond donors (Lipinski definition) is 1. The third kappa shape index (κ3) is 5.31. The molecule has 0 saturated carbocycles. The van der Waals surface area contributed by atoms with Crippen molar-refractivity contribution < 1.29 is 9.53 Å². The maximum atomic E-state index is 12.0. The molecule has 3 aromatic rings. The van der Waals surface area contributed by atoms with Gasteiger partial charge in [-0.3, -0.25) is 4.79 Å². The van der Waals surface area contributed by atoms with Crippen molar-refractivity contribution in [2.75, 3.05) is 6.61 Å². The highest BCUT2D eigenvalue weighted by molar-refractivity contribution is 5.91. The zero-order valence-corrected chi connectivity index (χ0v) is 14.6. The number of carbonyl (C=O) groups excluding carboxylic acids is 1. The van der Waals surface area contributed by atoms with Gasteiger partial charge in [-0.1, -0.05) is 24.3 Å². The van der Waals surface area contributed by atoms with Crippen LogP contribution in [0.5, 0.6) is 5.75 Å². The minimum Gasteiger partial charge on any atom is -0.479 e. The number of benzene rings is 2. The highest BCUT2D eigenvalue weighted by Crippen LogP contribution is 2.13. The lowest BCUT2D eigenvalue weighted by Gasteiger charge is -2.05. The molecular formula is C21H18N4O2. The normalized spacial score (nSPS) is 10.5. The van der Waals surface area contributed by atoms with Crippen LogP contribution in [0.1, 0.15) is 11.1 Å². The van der Waals surface area contributed by atoms with Crippen LogP contribution in [-0.4, -0.2) is 22.3 Å². The Hall–Kier alpha value is -3.85. The van der Waals surface area contributed by atoms with E-state index in [1.165, 1.54) is 6.08 Å². The molecule has 6 heteroatoms. The number of nitrogens with one attached hydrogen (secondary N) is 1. The maximum Gasteiger partial charge on any atom is 0.244 e. The number of carbonyl (C=O) groups is 1. The van der Waals surface area contributed by atoms with Crippen molar-refractivity contribution in [2.24, 2.45) is 0 Å². The number of hydrogen-bond acceptors (Lipinski definition) is 4. The lowest BCUT2D eigenvalue weighted by Crippen LogP contribution is -2.20. The van der Waals surface area contributed by atoms with Crippen molar-refractivity contribution in [2.45, 2.75) is 6.54 Å². The Morgan fingerprint density at radius 2 is 1.96 bits per heavy atom. The monoisotopic (exact) mass is 358 g/mol. The van der Waals surface area contributed by atoms with Gasteiger partial charge in [0.15, 0.2) is 6.61 Å². The molecule has 1 N–H and O–H groups in total. The van der Waals surface area contributed by atoms with Gasteiger partial charge in [-0.15, -0.1) is 0 Å². The molecular weight excluding hydrogens is 340 g/mol. The van der Waals surface area contributed by atoms with Gasteiger partial charge in [0.05, 0.1) is 5.69 Å². The predicted octanol–water partition coefficient (Wildman–Crippen LogP) is 3.10. The van der Waals surface area contributed by atoms with Crippen molar-refractivity contribution in [3.05, 3.63) is 84.2 Å². The molecule has 0 aliphatic rings. The van der Waals surface area contributed by atoms with Gasteiger partial charge >= 0.3 is 0 Å². The van der Waals surface area contributed by atoms with Crippen LogP contribution < -0.4 is 10.1 Å². The molecule has 0 unspecified atom stereocenters. The summed E-state index contributed by atoms with van der Waals surface area (Å²) in [6.45, 7) is 0.462. The van der Waals surface area contributed by atoms with E-state index in [0.29, 0.717) is 12.3 Å². The average Bonchev–Trinajstić information content (AvgIpc) is 3.25. The fraction of sp³-hybridized carbons (Fsp3) is 0.0952. The van der Waals surface area contributed by atoms with Crippen LogP contribution in [0.2, 0.25) is 0 Å². The molecule has 0 aliphatic heterocycles. The van der Waals surface area contributed by atoms with Crippen LogP contribution in [0.4, 0.5) is 0 Å². The fourth-order valence-corrected chi connectivity index (χ4v) is 2.40. The Morgan fingerprint density at radius 1 is 1.19 bits per heavy atom. The molecule has 1 amide bonds. The van der Waals surface area contributed by atoms with Crippen molar-refractivity contribution >= 4 is 12.0 Å². The summed E-state index contributed by atoms with van der Waals surface area (Å²) in [7, 11) is 0. The van der Waals surface area contributed by atoms with E-state index in [4.69, 9.17) is 10.00 Å². The molecule has 1 aromatic heterocycles. The molecule has 0 atom stereocenters. The van der Waals surface area contributed by atoms with Crippen LogP contribution >= 0.6 is 0 Å². The van der Waals surface area contributed by atoms with Crippen LogP contribution in [0.3, 0.4) is 0 Å². The lowest BCUT2D eigenvalue weighted by atomic mass is 10.2. The summed E-state index contributed by atoms with van der Waals surface area (Å²) in [6.07, 6.45) is 6.82. The SMILES string of the molecule is N#CCOc1ccc(C=CC(=O)NCc2ccc(-n3cccn3)cc2)cc1. The van der Waals surface area contributed by atoms with Gasteiger partial charge in [-0.25, -0.2) is 4.68 Å². The largest absolute Gasteiger partial charge is 0.479 e.